The van der Waals surface area contributed by atoms with Crippen LogP contribution in [0.5, 0.6) is 0 Å². The number of hydrogen-bond acceptors (Lipinski definition) is 2. The molecule has 0 aromatic heterocycles. The van der Waals surface area contributed by atoms with Crippen LogP contribution in [-0.4, -0.2) is 25.2 Å². The molecule has 90 valence electrons. The summed E-state index contributed by atoms with van der Waals surface area (Å²) in [5, 5.41) is 7.41. The van der Waals surface area contributed by atoms with E-state index in [4.69, 9.17) is 0 Å². The molecule has 1 saturated heterocycles. The molecule has 2 bridgehead atoms. The molecule has 3 fully saturated rings. The van der Waals surface area contributed by atoms with Crippen molar-refractivity contribution >= 4 is 0 Å². The van der Waals surface area contributed by atoms with E-state index in [-0.39, 0.29) is 0 Å². The van der Waals surface area contributed by atoms with Gasteiger partial charge in [-0.2, -0.15) is 0 Å². The molecule has 4 rings (SSSR count). The van der Waals surface area contributed by atoms with Crippen molar-refractivity contribution in [3.63, 3.8) is 0 Å². The summed E-state index contributed by atoms with van der Waals surface area (Å²) in [5.74, 6) is 2.60. The van der Waals surface area contributed by atoms with Crippen molar-refractivity contribution in [2.24, 2.45) is 11.8 Å². The number of nitrogens with one attached hydrogen (secondary N) is 2. The smallest absolute Gasteiger partial charge is 0.0151 e. The maximum absolute atomic E-state index is 3.90. The molecule has 17 heavy (non-hydrogen) atoms. The fourth-order valence-corrected chi connectivity index (χ4v) is 3.71. The Balaban J connectivity index is 1.37. The zero-order valence-corrected chi connectivity index (χ0v) is 10.1. The summed E-state index contributed by atoms with van der Waals surface area (Å²) >= 11 is 0. The van der Waals surface area contributed by atoms with E-state index < -0.39 is 0 Å². The standard InChI is InChI=1S/C15H20N2/c1-2-4-10(5-3-1)13-7-14(13)17-15-11-6-12(15)9-16-8-11/h1-5,11-17H,6-9H2/t11-,12+,13?,14-,15?/m1/s1. The van der Waals surface area contributed by atoms with E-state index in [1.165, 1.54) is 31.5 Å². The molecule has 1 heterocycles. The summed E-state index contributed by atoms with van der Waals surface area (Å²) in [4.78, 5) is 0. The summed E-state index contributed by atoms with van der Waals surface area (Å²) in [6.07, 6.45) is 2.79. The van der Waals surface area contributed by atoms with E-state index in [1.807, 2.05) is 0 Å². The summed E-state index contributed by atoms with van der Waals surface area (Å²) < 4.78 is 0. The first-order valence-corrected chi connectivity index (χ1v) is 6.93. The molecule has 0 spiro atoms. The third-order valence-corrected chi connectivity index (χ3v) is 4.86. The van der Waals surface area contributed by atoms with Crippen molar-refractivity contribution in [3.8, 4) is 0 Å². The second-order valence-corrected chi connectivity index (χ2v) is 5.97. The Morgan fingerprint density at radius 2 is 1.76 bits per heavy atom. The third-order valence-electron chi connectivity index (χ3n) is 4.86. The maximum atomic E-state index is 3.90. The molecule has 1 aromatic rings. The van der Waals surface area contributed by atoms with Crippen molar-refractivity contribution < 1.29 is 0 Å². The molecule has 1 aliphatic heterocycles. The average Bonchev–Trinajstić information content (AvgIpc) is 3.17. The second-order valence-electron chi connectivity index (χ2n) is 5.97. The van der Waals surface area contributed by atoms with Gasteiger partial charge in [-0.3, -0.25) is 0 Å². The fourth-order valence-electron chi connectivity index (χ4n) is 3.71. The van der Waals surface area contributed by atoms with E-state index in [9.17, 15) is 0 Å². The first-order valence-electron chi connectivity index (χ1n) is 6.93. The van der Waals surface area contributed by atoms with Crippen LogP contribution in [0.4, 0.5) is 0 Å². The van der Waals surface area contributed by atoms with Crippen LogP contribution in [0.15, 0.2) is 30.3 Å². The fraction of sp³-hybridized carbons (Fsp3) is 0.600. The molecular weight excluding hydrogens is 208 g/mol. The molecular formula is C15H20N2. The Hall–Kier alpha value is -0.860. The topological polar surface area (TPSA) is 24.1 Å². The van der Waals surface area contributed by atoms with Crippen LogP contribution in [0, 0.1) is 11.8 Å². The Morgan fingerprint density at radius 3 is 2.47 bits per heavy atom. The average molecular weight is 228 g/mol. The molecule has 2 heteroatoms. The Bertz CT molecular complexity index is 389. The van der Waals surface area contributed by atoms with Gasteiger partial charge in [0.2, 0.25) is 0 Å². The summed E-state index contributed by atoms with van der Waals surface area (Å²) in [5.41, 5.74) is 1.52. The van der Waals surface area contributed by atoms with Crippen LogP contribution >= 0.6 is 0 Å². The molecule has 3 aliphatic rings. The lowest BCUT2D eigenvalue weighted by Crippen LogP contribution is -2.63. The Kier molecular flexibility index (Phi) is 2.27. The summed E-state index contributed by atoms with van der Waals surface area (Å²) in [7, 11) is 0. The minimum Gasteiger partial charge on any atom is -0.316 e. The van der Waals surface area contributed by atoms with Gasteiger partial charge in [-0.1, -0.05) is 30.3 Å². The van der Waals surface area contributed by atoms with Gasteiger partial charge in [0, 0.05) is 18.0 Å². The van der Waals surface area contributed by atoms with Gasteiger partial charge in [-0.25, -0.2) is 0 Å². The van der Waals surface area contributed by atoms with Gasteiger partial charge >= 0.3 is 0 Å². The predicted molar refractivity (Wildman–Crippen MR) is 69.0 cm³/mol. The molecule has 2 saturated carbocycles. The molecule has 2 N–H and O–H groups in total. The lowest BCUT2D eigenvalue weighted by Gasteiger charge is -2.50. The SMILES string of the molecule is c1ccc(C2C[C@H]2NC2[C@@H]3CNC[C@H]2C3)cc1. The van der Waals surface area contributed by atoms with E-state index in [0.29, 0.717) is 0 Å². The van der Waals surface area contributed by atoms with Crippen LogP contribution < -0.4 is 10.6 Å². The molecule has 5 atom stereocenters. The van der Waals surface area contributed by atoms with Crippen molar-refractivity contribution in [3.05, 3.63) is 35.9 Å². The monoisotopic (exact) mass is 228 g/mol. The van der Waals surface area contributed by atoms with Crippen LogP contribution in [0.25, 0.3) is 0 Å². The van der Waals surface area contributed by atoms with E-state index >= 15 is 0 Å². The van der Waals surface area contributed by atoms with Crippen molar-refractivity contribution in [1.82, 2.24) is 10.6 Å². The zero-order chi connectivity index (χ0) is 11.2. The number of benzene rings is 1. The summed E-state index contributed by atoms with van der Waals surface area (Å²) in [6.45, 7) is 2.47. The van der Waals surface area contributed by atoms with E-state index in [1.54, 1.807) is 0 Å². The first-order chi connectivity index (χ1) is 8.42. The summed E-state index contributed by atoms with van der Waals surface area (Å²) in [6, 6.07) is 12.5. The van der Waals surface area contributed by atoms with Gasteiger partial charge in [0.1, 0.15) is 0 Å². The van der Waals surface area contributed by atoms with Crippen LogP contribution in [0.3, 0.4) is 0 Å². The number of piperidine rings is 2. The molecule has 2 aliphatic carbocycles. The van der Waals surface area contributed by atoms with Gasteiger partial charge in [0.25, 0.3) is 0 Å². The van der Waals surface area contributed by atoms with Crippen molar-refractivity contribution in [2.45, 2.75) is 30.8 Å². The number of rotatable bonds is 3. The minimum atomic E-state index is 0.755. The van der Waals surface area contributed by atoms with Gasteiger partial charge in [-0.05, 0) is 43.3 Å². The van der Waals surface area contributed by atoms with Crippen LogP contribution in [0.1, 0.15) is 24.3 Å². The van der Waals surface area contributed by atoms with Crippen LogP contribution in [-0.2, 0) is 0 Å². The van der Waals surface area contributed by atoms with Crippen LogP contribution in [0.2, 0.25) is 0 Å². The van der Waals surface area contributed by atoms with Gasteiger partial charge in [-0.15, -0.1) is 0 Å². The highest BCUT2D eigenvalue weighted by Crippen LogP contribution is 2.44. The van der Waals surface area contributed by atoms with E-state index in [2.05, 4.69) is 41.0 Å². The highest BCUT2D eigenvalue weighted by atomic mass is 15.1. The van der Waals surface area contributed by atoms with Gasteiger partial charge < -0.3 is 10.6 Å². The highest BCUT2D eigenvalue weighted by molar-refractivity contribution is 5.28. The third kappa shape index (κ3) is 1.71. The Morgan fingerprint density at radius 1 is 1.00 bits per heavy atom. The maximum Gasteiger partial charge on any atom is 0.0151 e. The molecule has 1 aromatic carbocycles. The zero-order valence-electron chi connectivity index (χ0n) is 10.1. The molecule has 0 radical (unpaired) electrons. The number of fused-ring (bicyclic) bond motifs is 2. The largest absolute Gasteiger partial charge is 0.316 e. The second kappa shape index (κ2) is 3.82. The normalized spacial score (nSPS) is 42.9. The van der Waals surface area contributed by atoms with Gasteiger partial charge in [0.05, 0.1) is 0 Å². The lowest BCUT2D eigenvalue weighted by atomic mass is 9.67. The van der Waals surface area contributed by atoms with Crippen molar-refractivity contribution in [2.75, 3.05) is 13.1 Å². The van der Waals surface area contributed by atoms with Gasteiger partial charge in [0.15, 0.2) is 0 Å². The first kappa shape index (κ1) is 10.1. The highest BCUT2D eigenvalue weighted by Gasteiger charge is 2.48. The van der Waals surface area contributed by atoms with E-state index in [0.717, 1.165) is 29.8 Å². The van der Waals surface area contributed by atoms with Crippen molar-refractivity contribution in [1.29, 1.82) is 0 Å². The number of hydrogen-bond donors (Lipinski definition) is 2. The minimum absolute atomic E-state index is 0.755. The predicted octanol–water partition coefficient (Wildman–Crippen LogP) is 1.74. The Labute approximate surface area is 103 Å². The molecule has 2 unspecified atom stereocenters. The molecule has 0 amide bonds. The molecule has 2 nitrogen and oxygen atoms in total. The quantitative estimate of drug-likeness (QED) is 0.823. The lowest BCUT2D eigenvalue weighted by molar-refractivity contribution is 0.0652.